The van der Waals surface area contributed by atoms with Gasteiger partial charge in [0, 0.05) is 6.04 Å². The fraction of sp³-hybridized carbons (Fsp3) is 0.467. The molecule has 0 spiro atoms. The van der Waals surface area contributed by atoms with Gasteiger partial charge in [-0.05, 0) is 44.8 Å². The van der Waals surface area contributed by atoms with Crippen LogP contribution in [0.1, 0.15) is 19.8 Å². The van der Waals surface area contributed by atoms with Crippen molar-refractivity contribution >= 4 is 29.7 Å². The molecule has 0 radical (unpaired) electrons. The Kier molecular flexibility index (Phi) is 6.42. The minimum absolute atomic E-state index is 0. The van der Waals surface area contributed by atoms with E-state index in [0.717, 1.165) is 32.0 Å². The number of anilines is 1. The molecule has 1 aliphatic heterocycles. The number of hydrogen-bond donors (Lipinski definition) is 3. The number of benzene rings is 1. The molecular weight excluding hydrogens is 377 g/mol. The third kappa shape index (κ3) is 4.13. The van der Waals surface area contributed by atoms with Crippen LogP contribution >= 0.6 is 24.0 Å². The molecule has 10 heteroatoms. The summed E-state index contributed by atoms with van der Waals surface area (Å²) in [6.45, 7) is 3.68. The first-order valence-corrected chi connectivity index (χ1v) is 8.05. The van der Waals surface area contributed by atoms with Crippen LogP contribution in [-0.2, 0) is 0 Å². The number of piperidine rings is 1. The van der Waals surface area contributed by atoms with E-state index in [1.165, 1.54) is 0 Å². The Bertz CT molecular complexity index is 790. The molecule has 1 aromatic heterocycles. The lowest BCUT2D eigenvalue weighted by Gasteiger charge is -2.30. The molecule has 0 bridgehead atoms. The van der Waals surface area contributed by atoms with Gasteiger partial charge in [-0.25, -0.2) is 18.7 Å². The molecule has 0 aliphatic carbocycles. The van der Waals surface area contributed by atoms with E-state index in [-0.39, 0.29) is 40.6 Å². The second kappa shape index (κ2) is 8.16. The molecule has 1 aromatic carbocycles. The monoisotopic (exact) mass is 394 g/mol. The molecule has 25 heavy (non-hydrogen) atoms. The van der Waals surface area contributed by atoms with Crippen molar-refractivity contribution in [1.29, 1.82) is 0 Å². The zero-order valence-corrected chi connectivity index (χ0v) is 14.9. The van der Waals surface area contributed by atoms with Gasteiger partial charge in [0.15, 0.2) is 5.82 Å². The fourth-order valence-electron chi connectivity index (χ4n) is 2.92. The lowest BCUT2D eigenvalue weighted by molar-refractivity contribution is 0.342. The van der Waals surface area contributed by atoms with E-state index < -0.39 is 17.4 Å². The van der Waals surface area contributed by atoms with E-state index in [9.17, 15) is 13.6 Å². The smallest absolute Gasteiger partial charge is 0.388 e. The van der Waals surface area contributed by atoms with Crippen molar-refractivity contribution in [2.24, 2.45) is 5.92 Å². The molecule has 0 amide bonds. The van der Waals surface area contributed by atoms with Crippen LogP contribution in [0.5, 0.6) is 0 Å². The average Bonchev–Trinajstić information content (AvgIpc) is 3.01. The van der Waals surface area contributed by atoms with E-state index >= 15 is 0 Å². The van der Waals surface area contributed by atoms with Gasteiger partial charge in [-0.2, -0.15) is 0 Å². The number of nitrogens with zero attached hydrogens (tertiary/aromatic N) is 1. The van der Waals surface area contributed by atoms with Crippen molar-refractivity contribution in [3.63, 3.8) is 0 Å². The fourth-order valence-corrected chi connectivity index (χ4v) is 3.11. The molecule has 1 atom stereocenters. The summed E-state index contributed by atoms with van der Waals surface area (Å²) in [5.41, 5.74) is -0.418. The molecule has 1 saturated heterocycles. The van der Waals surface area contributed by atoms with Crippen molar-refractivity contribution < 1.29 is 13.2 Å². The minimum Gasteiger partial charge on any atom is -0.388 e. The van der Waals surface area contributed by atoms with Crippen LogP contribution in [-0.4, -0.2) is 29.3 Å². The average molecular weight is 395 g/mol. The van der Waals surface area contributed by atoms with Crippen LogP contribution in [0.15, 0.2) is 15.3 Å². The van der Waals surface area contributed by atoms with Gasteiger partial charge in [0.1, 0.15) is 10.8 Å². The first kappa shape index (κ1) is 19.7. The quantitative estimate of drug-likeness (QED) is 0.693. The third-order valence-corrected chi connectivity index (χ3v) is 4.66. The summed E-state index contributed by atoms with van der Waals surface area (Å²) >= 11 is 5.94. The van der Waals surface area contributed by atoms with Gasteiger partial charge < -0.3 is 15.1 Å². The summed E-state index contributed by atoms with van der Waals surface area (Å²) in [5, 5.41) is 11.4. The molecule has 0 saturated carbocycles. The van der Waals surface area contributed by atoms with Gasteiger partial charge in [-0.15, -0.1) is 17.5 Å². The highest BCUT2D eigenvalue weighted by molar-refractivity contribution is 6.33. The molecule has 6 nitrogen and oxygen atoms in total. The van der Waals surface area contributed by atoms with Gasteiger partial charge in [0.25, 0.3) is 5.89 Å². The molecule has 1 unspecified atom stereocenters. The predicted octanol–water partition coefficient (Wildman–Crippen LogP) is 3.18. The van der Waals surface area contributed by atoms with Crippen LogP contribution in [0.25, 0.3) is 11.5 Å². The lowest BCUT2D eigenvalue weighted by Crippen LogP contribution is -2.36. The van der Waals surface area contributed by atoms with Crippen molar-refractivity contribution in [3.05, 3.63) is 33.3 Å². The first-order chi connectivity index (χ1) is 11.5. The van der Waals surface area contributed by atoms with Gasteiger partial charge in [0.05, 0.1) is 11.3 Å². The first-order valence-electron chi connectivity index (χ1n) is 7.68. The SMILES string of the molecule is CC(Nc1c(F)c(-c2n[nH]c(=O)o2)cc(F)c1Cl)C1CCNCC1.Cl. The number of nitrogens with one attached hydrogen (secondary N) is 3. The number of aromatic nitrogens is 2. The molecule has 3 N–H and O–H groups in total. The summed E-state index contributed by atoms with van der Waals surface area (Å²) in [7, 11) is 0. The standard InChI is InChI=1S/C15H17ClF2N4O2.ClH/c1-7(8-2-4-19-5-3-8)20-13-11(16)10(17)6-9(12(13)18)14-21-22-15(23)24-14;/h6-8,19-20H,2-5H2,1H3,(H,22,23);1H. The van der Waals surface area contributed by atoms with Crippen LogP contribution in [0.4, 0.5) is 14.5 Å². The van der Waals surface area contributed by atoms with Crippen molar-refractivity contribution in [1.82, 2.24) is 15.5 Å². The highest BCUT2D eigenvalue weighted by atomic mass is 35.5. The highest BCUT2D eigenvalue weighted by Gasteiger charge is 2.25. The Morgan fingerprint density at radius 2 is 2.08 bits per heavy atom. The van der Waals surface area contributed by atoms with Gasteiger partial charge in [0.2, 0.25) is 0 Å². The second-order valence-electron chi connectivity index (χ2n) is 5.85. The maximum Gasteiger partial charge on any atom is 0.434 e. The van der Waals surface area contributed by atoms with Crippen LogP contribution in [0.2, 0.25) is 5.02 Å². The summed E-state index contributed by atoms with van der Waals surface area (Å²) in [4.78, 5) is 11.0. The van der Waals surface area contributed by atoms with Gasteiger partial charge in [-0.1, -0.05) is 11.6 Å². The molecule has 2 heterocycles. The number of halogens is 4. The van der Waals surface area contributed by atoms with Crippen LogP contribution in [0, 0.1) is 17.6 Å². The number of aromatic amines is 1. The molecule has 1 fully saturated rings. The normalized spacial score (nSPS) is 16.3. The van der Waals surface area contributed by atoms with E-state index in [1.54, 1.807) is 0 Å². The van der Waals surface area contributed by atoms with E-state index in [1.807, 2.05) is 12.0 Å². The molecule has 1 aliphatic rings. The van der Waals surface area contributed by atoms with Crippen LogP contribution < -0.4 is 16.4 Å². The molecule has 3 rings (SSSR count). The maximum absolute atomic E-state index is 14.8. The topological polar surface area (TPSA) is 83.0 Å². The lowest BCUT2D eigenvalue weighted by atomic mass is 9.91. The van der Waals surface area contributed by atoms with Gasteiger partial charge >= 0.3 is 5.76 Å². The number of rotatable bonds is 4. The maximum atomic E-state index is 14.8. The second-order valence-corrected chi connectivity index (χ2v) is 6.23. The predicted molar refractivity (Wildman–Crippen MR) is 93.4 cm³/mol. The van der Waals surface area contributed by atoms with E-state index in [2.05, 4.69) is 15.7 Å². The number of H-pyrrole nitrogens is 1. The molecule has 138 valence electrons. The Labute approximate surface area is 153 Å². The van der Waals surface area contributed by atoms with Crippen LogP contribution in [0.3, 0.4) is 0 Å². The number of hydrogen-bond acceptors (Lipinski definition) is 5. The zero-order chi connectivity index (χ0) is 17.3. The Morgan fingerprint density at radius 1 is 1.40 bits per heavy atom. The summed E-state index contributed by atoms with van der Waals surface area (Å²) in [6, 6.07) is 0.761. The van der Waals surface area contributed by atoms with E-state index in [4.69, 9.17) is 16.0 Å². The summed E-state index contributed by atoms with van der Waals surface area (Å²) in [5.74, 6) is -2.49. The van der Waals surface area contributed by atoms with Crippen molar-refractivity contribution in [3.8, 4) is 11.5 Å². The third-order valence-electron chi connectivity index (χ3n) is 4.29. The Morgan fingerprint density at radius 3 is 2.68 bits per heavy atom. The highest BCUT2D eigenvalue weighted by Crippen LogP contribution is 2.36. The summed E-state index contributed by atoms with van der Waals surface area (Å²) < 4.78 is 33.6. The van der Waals surface area contributed by atoms with Gasteiger partial charge in [-0.3, -0.25) is 0 Å². The Balaban J connectivity index is 0.00000225. The minimum atomic E-state index is -0.850. The summed E-state index contributed by atoms with van der Waals surface area (Å²) in [6.07, 6.45) is 1.87. The Hall–Kier alpha value is -1.64. The molecule has 2 aromatic rings. The zero-order valence-electron chi connectivity index (χ0n) is 13.4. The van der Waals surface area contributed by atoms with Crippen molar-refractivity contribution in [2.75, 3.05) is 18.4 Å². The largest absolute Gasteiger partial charge is 0.434 e. The molecular formula is C15H18Cl2F2N4O2. The van der Waals surface area contributed by atoms with E-state index in [0.29, 0.717) is 5.92 Å². The van der Waals surface area contributed by atoms with Crippen molar-refractivity contribution in [2.45, 2.75) is 25.8 Å².